The average molecular weight is 405 g/mol. The second-order valence-electron chi connectivity index (χ2n) is 5.85. The Bertz CT molecular complexity index is 958. The molecule has 7 nitrogen and oxygen atoms in total. The van der Waals surface area contributed by atoms with Crippen molar-refractivity contribution in [2.24, 2.45) is 0 Å². The minimum absolute atomic E-state index is 0.0296. The average Bonchev–Trinajstić information content (AvgIpc) is 2.63. The molecule has 0 aliphatic carbocycles. The molecule has 2 aromatic rings. The number of carbonyl (C=O) groups is 2. The first kappa shape index (κ1) is 21.3. The van der Waals surface area contributed by atoms with Crippen LogP contribution in [0.3, 0.4) is 0 Å². The van der Waals surface area contributed by atoms with Gasteiger partial charge in [-0.3, -0.25) is 9.59 Å². The van der Waals surface area contributed by atoms with Gasteiger partial charge in [-0.05, 0) is 48.5 Å². The van der Waals surface area contributed by atoms with E-state index in [0.29, 0.717) is 11.4 Å². The number of benzene rings is 2. The summed E-state index contributed by atoms with van der Waals surface area (Å²) < 4.78 is 39.6. The van der Waals surface area contributed by atoms with Crippen molar-refractivity contribution in [1.29, 1.82) is 0 Å². The number of carbonyl (C=O) groups excluding carboxylic acids is 2. The number of halogens is 1. The molecule has 0 unspecified atom stereocenters. The van der Waals surface area contributed by atoms with Gasteiger partial charge >= 0.3 is 0 Å². The number of hydrogen-bond acceptors (Lipinski definition) is 4. The topological polar surface area (TPSA) is 95.6 Å². The number of nitrogens with zero attached hydrogens (tertiary/aromatic N) is 1. The predicted molar refractivity (Wildman–Crippen MR) is 105 cm³/mol. The summed E-state index contributed by atoms with van der Waals surface area (Å²) in [6, 6.07) is 10.7. The van der Waals surface area contributed by atoms with Gasteiger partial charge in [-0.1, -0.05) is 6.08 Å². The monoisotopic (exact) mass is 405 g/mol. The summed E-state index contributed by atoms with van der Waals surface area (Å²) in [5, 5.41) is 5.07. The fourth-order valence-electron chi connectivity index (χ4n) is 2.35. The summed E-state index contributed by atoms with van der Waals surface area (Å²) in [6.07, 6.45) is 1.37. The van der Waals surface area contributed by atoms with Gasteiger partial charge in [-0.25, -0.2) is 12.8 Å². The van der Waals surface area contributed by atoms with Gasteiger partial charge in [0.1, 0.15) is 5.82 Å². The Kier molecular flexibility index (Phi) is 7.02. The SMILES string of the molecule is C=CCN(CC(=O)Nc1ccc(F)cc1)S(=O)(=O)c1ccc(NC(C)=O)cc1. The number of anilines is 2. The van der Waals surface area contributed by atoms with Crippen LogP contribution in [0, 0.1) is 5.82 Å². The van der Waals surface area contributed by atoms with Gasteiger partial charge in [0.25, 0.3) is 0 Å². The summed E-state index contributed by atoms with van der Waals surface area (Å²) in [7, 11) is -3.97. The molecule has 2 amide bonds. The van der Waals surface area contributed by atoms with Crippen LogP contribution in [0.1, 0.15) is 6.92 Å². The zero-order valence-electron chi connectivity index (χ0n) is 15.2. The molecule has 0 spiro atoms. The smallest absolute Gasteiger partial charge is 0.243 e. The van der Waals surface area contributed by atoms with E-state index >= 15 is 0 Å². The summed E-state index contributed by atoms with van der Waals surface area (Å²) in [6.45, 7) is 4.35. The number of rotatable bonds is 8. The molecule has 0 heterocycles. The highest BCUT2D eigenvalue weighted by molar-refractivity contribution is 7.89. The molecule has 2 aromatic carbocycles. The van der Waals surface area contributed by atoms with Gasteiger partial charge in [0.15, 0.2) is 0 Å². The first-order chi connectivity index (χ1) is 13.2. The van der Waals surface area contributed by atoms with E-state index < -0.39 is 28.3 Å². The number of amides is 2. The van der Waals surface area contributed by atoms with Crippen molar-refractivity contribution in [3.63, 3.8) is 0 Å². The van der Waals surface area contributed by atoms with Gasteiger partial charge in [-0.2, -0.15) is 4.31 Å². The molecule has 0 fully saturated rings. The second kappa shape index (κ2) is 9.25. The van der Waals surface area contributed by atoms with E-state index in [1.807, 2.05) is 0 Å². The largest absolute Gasteiger partial charge is 0.326 e. The highest BCUT2D eigenvalue weighted by Crippen LogP contribution is 2.19. The first-order valence-electron chi connectivity index (χ1n) is 8.26. The van der Waals surface area contributed by atoms with E-state index in [1.165, 1.54) is 61.5 Å². The summed E-state index contributed by atoms with van der Waals surface area (Å²) in [5.41, 5.74) is 0.804. The Hall–Kier alpha value is -3.04. The second-order valence-corrected chi connectivity index (χ2v) is 7.78. The molecule has 0 radical (unpaired) electrons. The van der Waals surface area contributed by atoms with Crippen molar-refractivity contribution in [1.82, 2.24) is 4.31 Å². The molecule has 2 rings (SSSR count). The molecule has 9 heteroatoms. The van der Waals surface area contributed by atoms with Gasteiger partial charge in [0.05, 0.1) is 11.4 Å². The maximum absolute atomic E-state index is 12.9. The lowest BCUT2D eigenvalue weighted by Gasteiger charge is -2.20. The fraction of sp³-hybridized carbons (Fsp3) is 0.158. The van der Waals surface area contributed by atoms with Gasteiger partial charge < -0.3 is 10.6 Å². The normalized spacial score (nSPS) is 11.1. The maximum Gasteiger partial charge on any atom is 0.243 e. The molecular formula is C19H20FN3O4S. The van der Waals surface area contributed by atoms with E-state index in [9.17, 15) is 22.4 Å². The molecule has 0 saturated carbocycles. The molecule has 0 saturated heterocycles. The Balaban J connectivity index is 2.16. The van der Waals surface area contributed by atoms with Crippen LogP contribution >= 0.6 is 0 Å². The van der Waals surface area contributed by atoms with Crippen molar-refractivity contribution in [2.45, 2.75) is 11.8 Å². The van der Waals surface area contributed by atoms with E-state index in [1.54, 1.807) is 0 Å². The maximum atomic E-state index is 12.9. The van der Waals surface area contributed by atoms with E-state index in [2.05, 4.69) is 17.2 Å². The van der Waals surface area contributed by atoms with E-state index in [-0.39, 0.29) is 17.3 Å². The summed E-state index contributed by atoms with van der Waals surface area (Å²) in [5.74, 6) is -1.30. The standard InChI is InChI=1S/C19H20FN3O4S/c1-3-12-23(13-19(25)22-17-6-4-15(20)5-7-17)28(26,27)18-10-8-16(9-11-18)21-14(2)24/h3-11H,1,12-13H2,2H3,(H,21,24)(H,22,25). The molecule has 2 N–H and O–H groups in total. The van der Waals surface area contributed by atoms with Crippen molar-refractivity contribution in [3.8, 4) is 0 Å². The van der Waals surface area contributed by atoms with Crippen molar-refractivity contribution in [3.05, 3.63) is 67.0 Å². The van der Waals surface area contributed by atoms with Gasteiger partial charge in [0, 0.05) is 24.8 Å². The molecule has 0 aliphatic rings. The fourth-order valence-corrected chi connectivity index (χ4v) is 3.72. The summed E-state index contributed by atoms with van der Waals surface area (Å²) >= 11 is 0. The number of hydrogen-bond donors (Lipinski definition) is 2. The lowest BCUT2D eigenvalue weighted by atomic mass is 10.3. The first-order valence-corrected chi connectivity index (χ1v) is 9.70. The highest BCUT2D eigenvalue weighted by Gasteiger charge is 2.25. The quantitative estimate of drug-likeness (QED) is 0.660. The van der Waals surface area contributed by atoms with Gasteiger partial charge in [-0.15, -0.1) is 6.58 Å². The molecule has 0 aliphatic heterocycles. The van der Waals surface area contributed by atoms with Crippen molar-refractivity contribution >= 4 is 33.2 Å². The third kappa shape index (κ3) is 5.73. The lowest BCUT2D eigenvalue weighted by Crippen LogP contribution is -2.38. The van der Waals surface area contributed by atoms with Crippen molar-refractivity contribution in [2.75, 3.05) is 23.7 Å². The molecule has 0 bridgehead atoms. The van der Waals surface area contributed by atoms with E-state index in [0.717, 1.165) is 4.31 Å². The van der Waals surface area contributed by atoms with Crippen LogP contribution in [0.4, 0.5) is 15.8 Å². The minimum Gasteiger partial charge on any atom is -0.326 e. The van der Waals surface area contributed by atoms with Crippen LogP contribution in [0.15, 0.2) is 66.1 Å². The predicted octanol–water partition coefficient (Wildman–Crippen LogP) is 2.60. The van der Waals surface area contributed by atoms with Crippen LogP contribution in [0.25, 0.3) is 0 Å². The lowest BCUT2D eigenvalue weighted by molar-refractivity contribution is -0.116. The third-order valence-electron chi connectivity index (χ3n) is 3.59. The zero-order chi connectivity index (χ0) is 20.7. The van der Waals surface area contributed by atoms with Crippen LogP contribution < -0.4 is 10.6 Å². The Labute approximate surface area is 162 Å². The molecule has 28 heavy (non-hydrogen) atoms. The number of sulfonamides is 1. The highest BCUT2D eigenvalue weighted by atomic mass is 32.2. The van der Waals surface area contributed by atoms with Crippen LogP contribution in [0.2, 0.25) is 0 Å². The van der Waals surface area contributed by atoms with Crippen molar-refractivity contribution < 1.29 is 22.4 Å². The number of nitrogens with one attached hydrogen (secondary N) is 2. The van der Waals surface area contributed by atoms with Crippen LogP contribution in [-0.4, -0.2) is 37.6 Å². The Morgan fingerprint density at radius 3 is 2.11 bits per heavy atom. The zero-order valence-corrected chi connectivity index (χ0v) is 16.0. The summed E-state index contributed by atoms with van der Waals surface area (Å²) in [4.78, 5) is 23.3. The Morgan fingerprint density at radius 2 is 1.57 bits per heavy atom. The molecule has 0 atom stereocenters. The van der Waals surface area contributed by atoms with Gasteiger partial charge in [0.2, 0.25) is 21.8 Å². The van der Waals surface area contributed by atoms with E-state index in [4.69, 9.17) is 0 Å². The molecular weight excluding hydrogens is 385 g/mol. The van der Waals surface area contributed by atoms with Crippen LogP contribution in [0.5, 0.6) is 0 Å². The van der Waals surface area contributed by atoms with Crippen LogP contribution in [-0.2, 0) is 19.6 Å². The molecule has 0 aromatic heterocycles. The minimum atomic E-state index is -3.97. The molecule has 148 valence electrons. The Morgan fingerprint density at radius 1 is 1.04 bits per heavy atom. The third-order valence-corrected chi connectivity index (χ3v) is 5.42.